The Bertz CT molecular complexity index is 116. The molecule has 1 fully saturated rings. The minimum Gasteiger partial charge on any atom is -0.390 e. The van der Waals surface area contributed by atoms with Gasteiger partial charge < -0.3 is 19.7 Å². The predicted octanol–water partition coefficient (Wildman–Crippen LogP) is -0.510. The highest BCUT2D eigenvalue weighted by atomic mass is 16.7. The van der Waals surface area contributed by atoms with E-state index in [9.17, 15) is 10.2 Å². The molecule has 4 heteroatoms. The van der Waals surface area contributed by atoms with Crippen LogP contribution in [0, 0.1) is 0 Å². The second-order valence-electron chi connectivity index (χ2n) is 2.80. The normalized spacial score (nSPS) is 45.8. The van der Waals surface area contributed by atoms with E-state index in [1.807, 2.05) is 0 Å². The van der Waals surface area contributed by atoms with Gasteiger partial charge in [-0.3, -0.25) is 0 Å². The molecule has 4 nitrogen and oxygen atoms in total. The Morgan fingerprint density at radius 1 is 1.45 bits per heavy atom. The van der Waals surface area contributed by atoms with Crippen molar-refractivity contribution in [3.63, 3.8) is 0 Å². The maximum Gasteiger partial charge on any atom is 0.160 e. The Labute approximate surface area is 65.7 Å². The molecule has 4 atom stereocenters. The van der Waals surface area contributed by atoms with Crippen molar-refractivity contribution in [1.82, 2.24) is 0 Å². The molecule has 0 aromatic heterocycles. The van der Waals surface area contributed by atoms with E-state index in [1.165, 1.54) is 7.11 Å². The monoisotopic (exact) mass is 162 g/mol. The highest BCUT2D eigenvalue weighted by Crippen LogP contribution is 2.19. The van der Waals surface area contributed by atoms with Gasteiger partial charge in [0.2, 0.25) is 0 Å². The lowest BCUT2D eigenvalue weighted by Crippen LogP contribution is -2.47. The molecule has 0 aliphatic carbocycles. The molecular weight excluding hydrogens is 148 g/mol. The maximum absolute atomic E-state index is 9.24. The molecule has 1 saturated heterocycles. The van der Waals surface area contributed by atoms with Crippen LogP contribution < -0.4 is 0 Å². The van der Waals surface area contributed by atoms with Gasteiger partial charge >= 0.3 is 0 Å². The zero-order chi connectivity index (χ0) is 8.43. The van der Waals surface area contributed by atoms with Crippen molar-refractivity contribution in [3.05, 3.63) is 0 Å². The Morgan fingerprint density at radius 3 is 2.55 bits per heavy atom. The first kappa shape index (κ1) is 8.93. The van der Waals surface area contributed by atoms with E-state index in [2.05, 4.69) is 0 Å². The molecule has 0 aromatic rings. The third-order valence-electron chi connectivity index (χ3n) is 1.94. The van der Waals surface area contributed by atoms with E-state index in [-0.39, 0.29) is 12.4 Å². The van der Waals surface area contributed by atoms with Crippen molar-refractivity contribution in [2.45, 2.75) is 37.9 Å². The summed E-state index contributed by atoms with van der Waals surface area (Å²) < 4.78 is 10.1. The number of methoxy groups -OCH3 is 1. The topological polar surface area (TPSA) is 58.9 Å². The summed E-state index contributed by atoms with van der Waals surface area (Å²) in [4.78, 5) is 0. The second kappa shape index (κ2) is 3.49. The SMILES string of the molecule is COC1CC(O)C(O)C(C)O1. The first-order chi connectivity index (χ1) is 5.15. The number of ether oxygens (including phenoxy) is 2. The van der Waals surface area contributed by atoms with Gasteiger partial charge in [-0.15, -0.1) is 0 Å². The highest BCUT2D eigenvalue weighted by molar-refractivity contribution is 4.79. The fraction of sp³-hybridized carbons (Fsp3) is 1.00. The van der Waals surface area contributed by atoms with Gasteiger partial charge in [0.1, 0.15) is 6.10 Å². The van der Waals surface area contributed by atoms with Gasteiger partial charge in [0.15, 0.2) is 6.29 Å². The van der Waals surface area contributed by atoms with E-state index in [4.69, 9.17) is 9.47 Å². The number of hydrogen-bond donors (Lipinski definition) is 2. The average Bonchev–Trinajstić information content (AvgIpc) is 1.99. The van der Waals surface area contributed by atoms with Crippen molar-refractivity contribution in [2.24, 2.45) is 0 Å². The smallest absolute Gasteiger partial charge is 0.160 e. The molecule has 0 amide bonds. The van der Waals surface area contributed by atoms with Crippen LogP contribution in [0.3, 0.4) is 0 Å². The first-order valence-corrected chi connectivity index (χ1v) is 3.69. The molecule has 0 radical (unpaired) electrons. The predicted molar refractivity (Wildman–Crippen MR) is 38.0 cm³/mol. The van der Waals surface area contributed by atoms with E-state index >= 15 is 0 Å². The van der Waals surface area contributed by atoms with E-state index in [0.717, 1.165) is 0 Å². The maximum atomic E-state index is 9.24. The van der Waals surface area contributed by atoms with Crippen molar-refractivity contribution >= 4 is 0 Å². The summed E-state index contributed by atoms with van der Waals surface area (Å²) in [7, 11) is 1.52. The van der Waals surface area contributed by atoms with Crippen LogP contribution in [0.1, 0.15) is 13.3 Å². The zero-order valence-electron chi connectivity index (χ0n) is 6.73. The van der Waals surface area contributed by atoms with E-state index in [1.54, 1.807) is 6.92 Å². The molecule has 0 spiro atoms. The van der Waals surface area contributed by atoms with Crippen LogP contribution in [0.5, 0.6) is 0 Å². The minimum atomic E-state index is -0.790. The lowest BCUT2D eigenvalue weighted by atomic mass is 10.0. The third kappa shape index (κ3) is 1.90. The summed E-state index contributed by atoms with van der Waals surface area (Å²) in [6.45, 7) is 1.71. The Kier molecular flexibility index (Phi) is 2.84. The quantitative estimate of drug-likeness (QED) is 0.545. The molecule has 0 bridgehead atoms. The first-order valence-electron chi connectivity index (χ1n) is 3.69. The molecular formula is C7H14O4. The summed E-state index contributed by atoms with van der Waals surface area (Å²) in [6, 6.07) is 0. The molecule has 66 valence electrons. The van der Waals surface area contributed by atoms with Crippen LogP contribution in [-0.4, -0.2) is 41.9 Å². The molecule has 11 heavy (non-hydrogen) atoms. The fourth-order valence-electron chi connectivity index (χ4n) is 1.18. The largest absolute Gasteiger partial charge is 0.390 e. The average molecular weight is 162 g/mol. The van der Waals surface area contributed by atoms with Crippen molar-refractivity contribution in [1.29, 1.82) is 0 Å². The summed E-state index contributed by atoms with van der Waals surface area (Å²) in [5.41, 5.74) is 0. The number of aliphatic hydroxyl groups excluding tert-OH is 2. The van der Waals surface area contributed by atoms with E-state index in [0.29, 0.717) is 6.42 Å². The lowest BCUT2D eigenvalue weighted by molar-refractivity contribution is -0.237. The highest BCUT2D eigenvalue weighted by Gasteiger charge is 2.33. The lowest BCUT2D eigenvalue weighted by Gasteiger charge is -2.34. The molecule has 1 aliphatic rings. The standard InChI is InChI=1S/C7H14O4/c1-4-7(9)5(8)3-6(10-2)11-4/h4-9H,3H2,1-2H3. The van der Waals surface area contributed by atoms with Crippen LogP contribution in [-0.2, 0) is 9.47 Å². The van der Waals surface area contributed by atoms with Gasteiger partial charge in [-0.1, -0.05) is 0 Å². The Hall–Kier alpha value is -0.160. The Morgan fingerprint density at radius 2 is 2.09 bits per heavy atom. The van der Waals surface area contributed by atoms with Crippen molar-refractivity contribution < 1.29 is 19.7 Å². The van der Waals surface area contributed by atoms with Gasteiger partial charge in [0.25, 0.3) is 0 Å². The molecule has 4 unspecified atom stereocenters. The molecule has 0 aromatic carbocycles. The van der Waals surface area contributed by atoms with Crippen LogP contribution in [0.25, 0.3) is 0 Å². The van der Waals surface area contributed by atoms with Crippen LogP contribution in [0.15, 0.2) is 0 Å². The summed E-state index contributed by atoms with van der Waals surface area (Å²) in [5, 5.41) is 18.5. The van der Waals surface area contributed by atoms with Gasteiger partial charge in [-0.25, -0.2) is 0 Å². The molecule has 2 N–H and O–H groups in total. The van der Waals surface area contributed by atoms with Crippen molar-refractivity contribution in [3.8, 4) is 0 Å². The number of aliphatic hydroxyl groups is 2. The fourth-order valence-corrected chi connectivity index (χ4v) is 1.18. The molecule has 1 heterocycles. The molecule has 0 saturated carbocycles. The number of hydrogen-bond acceptors (Lipinski definition) is 4. The van der Waals surface area contributed by atoms with Gasteiger partial charge in [-0.2, -0.15) is 0 Å². The Balaban J connectivity index is 2.47. The number of rotatable bonds is 1. The van der Waals surface area contributed by atoms with Gasteiger partial charge in [0, 0.05) is 13.5 Å². The van der Waals surface area contributed by atoms with Crippen LogP contribution >= 0.6 is 0 Å². The summed E-state index contributed by atoms with van der Waals surface area (Å²) in [5.74, 6) is 0. The van der Waals surface area contributed by atoms with Gasteiger partial charge in [-0.05, 0) is 6.92 Å². The van der Waals surface area contributed by atoms with Crippen LogP contribution in [0.4, 0.5) is 0 Å². The van der Waals surface area contributed by atoms with Crippen molar-refractivity contribution in [2.75, 3.05) is 7.11 Å². The second-order valence-corrected chi connectivity index (χ2v) is 2.80. The van der Waals surface area contributed by atoms with Gasteiger partial charge in [0.05, 0.1) is 12.2 Å². The molecule has 1 aliphatic heterocycles. The summed E-state index contributed by atoms with van der Waals surface area (Å²) in [6.07, 6.45) is -1.93. The summed E-state index contributed by atoms with van der Waals surface area (Å²) >= 11 is 0. The minimum absolute atomic E-state index is 0.335. The zero-order valence-corrected chi connectivity index (χ0v) is 6.73. The third-order valence-corrected chi connectivity index (χ3v) is 1.94. The van der Waals surface area contributed by atoms with Crippen LogP contribution in [0.2, 0.25) is 0 Å². The van der Waals surface area contributed by atoms with E-state index < -0.39 is 12.2 Å². The molecule has 1 rings (SSSR count).